The second kappa shape index (κ2) is 6.54. The summed E-state index contributed by atoms with van der Waals surface area (Å²) in [4.78, 5) is 15.1. The first-order valence-corrected chi connectivity index (χ1v) is 7.06. The van der Waals surface area contributed by atoms with Gasteiger partial charge < -0.3 is 5.32 Å². The third-order valence-corrected chi connectivity index (χ3v) is 3.48. The summed E-state index contributed by atoms with van der Waals surface area (Å²) >= 11 is 6.11. The minimum absolute atomic E-state index is 0.0306. The first kappa shape index (κ1) is 15.3. The maximum atomic E-state index is 11.2. The number of hydrogen-bond acceptors (Lipinski definition) is 4. The Morgan fingerprint density at radius 2 is 2.10 bits per heavy atom. The average Bonchev–Trinajstić information content (AvgIpc) is 2.47. The fourth-order valence-corrected chi connectivity index (χ4v) is 2.08. The molecule has 0 radical (unpaired) electrons. The summed E-state index contributed by atoms with van der Waals surface area (Å²) in [5.74, 6) is 0.620. The van der Waals surface area contributed by atoms with Crippen molar-refractivity contribution < 1.29 is 4.92 Å². The molecule has 2 rings (SSSR count). The van der Waals surface area contributed by atoms with E-state index in [-0.39, 0.29) is 5.69 Å². The lowest BCUT2D eigenvalue weighted by atomic mass is 10.1. The van der Waals surface area contributed by atoms with Crippen LogP contribution in [0.1, 0.15) is 18.9 Å². The van der Waals surface area contributed by atoms with Gasteiger partial charge in [0.25, 0.3) is 5.69 Å². The third-order valence-electron chi connectivity index (χ3n) is 3.07. The van der Waals surface area contributed by atoms with Gasteiger partial charge in [-0.05, 0) is 31.0 Å². The van der Waals surface area contributed by atoms with Crippen LogP contribution in [0.4, 0.5) is 11.5 Å². The average molecular weight is 306 g/mol. The molecule has 0 aliphatic heterocycles. The molecular weight excluding hydrogens is 290 g/mol. The SMILES string of the molecule is CCCNc1ccc([N+](=O)[O-])c(-c2ccc(C)c(Cl)c2)n1. The molecule has 0 unspecified atom stereocenters. The number of anilines is 1. The quantitative estimate of drug-likeness (QED) is 0.655. The minimum Gasteiger partial charge on any atom is -0.370 e. The lowest BCUT2D eigenvalue weighted by Gasteiger charge is -2.08. The lowest BCUT2D eigenvalue weighted by molar-refractivity contribution is -0.384. The molecule has 110 valence electrons. The molecule has 1 aromatic heterocycles. The van der Waals surface area contributed by atoms with Gasteiger partial charge in [0.05, 0.1) is 4.92 Å². The Labute approximate surface area is 128 Å². The maximum absolute atomic E-state index is 11.2. The smallest absolute Gasteiger partial charge is 0.295 e. The van der Waals surface area contributed by atoms with E-state index in [2.05, 4.69) is 10.3 Å². The Bertz CT molecular complexity index is 674. The van der Waals surface area contributed by atoms with E-state index in [9.17, 15) is 10.1 Å². The van der Waals surface area contributed by atoms with Gasteiger partial charge in [-0.3, -0.25) is 10.1 Å². The van der Waals surface area contributed by atoms with Gasteiger partial charge in [0.2, 0.25) is 0 Å². The van der Waals surface area contributed by atoms with Crippen molar-refractivity contribution in [1.82, 2.24) is 4.98 Å². The number of nitrogens with one attached hydrogen (secondary N) is 1. The zero-order valence-electron chi connectivity index (χ0n) is 11.9. The van der Waals surface area contributed by atoms with Gasteiger partial charge in [-0.1, -0.05) is 30.7 Å². The van der Waals surface area contributed by atoms with E-state index in [0.717, 1.165) is 18.5 Å². The molecule has 1 heterocycles. The third kappa shape index (κ3) is 3.49. The summed E-state index contributed by atoms with van der Waals surface area (Å²) in [6, 6.07) is 8.41. The van der Waals surface area contributed by atoms with Crippen LogP contribution in [-0.4, -0.2) is 16.5 Å². The highest BCUT2D eigenvalue weighted by Crippen LogP contribution is 2.31. The van der Waals surface area contributed by atoms with Gasteiger partial charge in [-0.2, -0.15) is 0 Å². The van der Waals surface area contributed by atoms with Crippen LogP contribution in [0.15, 0.2) is 30.3 Å². The highest BCUT2D eigenvalue weighted by atomic mass is 35.5. The van der Waals surface area contributed by atoms with E-state index in [4.69, 9.17) is 11.6 Å². The summed E-state index contributed by atoms with van der Waals surface area (Å²) in [5.41, 5.74) is 1.85. The van der Waals surface area contributed by atoms with Crippen LogP contribution in [0.25, 0.3) is 11.3 Å². The maximum Gasteiger partial charge on any atom is 0.295 e. The molecule has 21 heavy (non-hydrogen) atoms. The van der Waals surface area contributed by atoms with Crippen LogP contribution in [0.5, 0.6) is 0 Å². The van der Waals surface area contributed by atoms with Gasteiger partial charge in [0.15, 0.2) is 5.69 Å². The predicted molar refractivity (Wildman–Crippen MR) is 84.9 cm³/mol. The van der Waals surface area contributed by atoms with Crippen molar-refractivity contribution in [2.24, 2.45) is 0 Å². The molecule has 0 amide bonds. The van der Waals surface area contributed by atoms with Crippen LogP contribution >= 0.6 is 11.6 Å². The Morgan fingerprint density at radius 3 is 2.71 bits per heavy atom. The number of benzene rings is 1. The normalized spacial score (nSPS) is 10.4. The molecule has 5 nitrogen and oxygen atoms in total. The Hall–Kier alpha value is -2.14. The summed E-state index contributed by atoms with van der Waals surface area (Å²) < 4.78 is 0. The van der Waals surface area contributed by atoms with Crippen molar-refractivity contribution in [2.45, 2.75) is 20.3 Å². The van der Waals surface area contributed by atoms with Gasteiger partial charge in [-0.15, -0.1) is 0 Å². The summed E-state index contributed by atoms with van der Waals surface area (Å²) in [5, 5.41) is 14.9. The van der Waals surface area contributed by atoms with Crippen molar-refractivity contribution in [1.29, 1.82) is 0 Å². The molecule has 1 N–H and O–H groups in total. The topological polar surface area (TPSA) is 68.1 Å². The minimum atomic E-state index is -0.431. The molecular formula is C15H16ClN3O2. The van der Waals surface area contributed by atoms with Crippen molar-refractivity contribution in [3.05, 3.63) is 51.0 Å². The monoisotopic (exact) mass is 305 g/mol. The largest absolute Gasteiger partial charge is 0.370 e. The molecule has 2 aromatic rings. The van der Waals surface area contributed by atoms with Gasteiger partial charge in [-0.25, -0.2) is 4.98 Å². The number of aryl methyl sites for hydroxylation is 1. The molecule has 0 atom stereocenters. The zero-order valence-corrected chi connectivity index (χ0v) is 12.6. The van der Waals surface area contributed by atoms with E-state index in [0.29, 0.717) is 22.1 Å². The van der Waals surface area contributed by atoms with Crippen molar-refractivity contribution in [2.75, 3.05) is 11.9 Å². The molecule has 0 bridgehead atoms. The second-order valence-corrected chi connectivity index (χ2v) is 5.12. The summed E-state index contributed by atoms with van der Waals surface area (Å²) in [7, 11) is 0. The van der Waals surface area contributed by atoms with Crippen molar-refractivity contribution >= 4 is 23.1 Å². The second-order valence-electron chi connectivity index (χ2n) is 4.71. The predicted octanol–water partition coefficient (Wildman–Crippen LogP) is 4.44. The molecule has 0 saturated carbocycles. The van der Waals surface area contributed by atoms with Crippen LogP contribution in [0.2, 0.25) is 5.02 Å². The van der Waals surface area contributed by atoms with Crippen LogP contribution in [0.3, 0.4) is 0 Å². The Kier molecular flexibility index (Phi) is 4.75. The number of nitro groups is 1. The number of pyridine rings is 1. The molecule has 0 aliphatic rings. The fraction of sp³-hybridized carbons (Fsp3) is 0.267. The summed E-state index contributed by atoms with van der Waals surface area (Å²) in [6.45, 7) is 4.69. The number of nitrogens with zero attached hydrogens (tertiary/aromatic N) is 2. The van der Waals surface area contributed by atoms with Gasteiger partial charge in [0, 0.05) is 23.2 Å². The standard InChI is InChI=1S/C15H16ClN3O2/c1-3-8-17-14-7-6-13(19(20)21)15(18-14)11-5-4-10(2)12(16)9-11/h4-7,9H,3,8H2,1-2H3,(H,17,18). The molecule has 0 saturated heterocycles. The molecule has 0 aliphatic carbocycles. The lowest BCUT2D eigenvalue weighted by Crippen LogP contribution is -2.04. The summed E-state index contributed by atoms with van der Waals surface area (Å²) in [6.07, 6.45) is 0.949. The molecule has 6 heteroatoms. The first-order valence-electron chi connectivity index (χ1n) is 6.68. The van der Waals surface area contributed by atoms with Crippen molar-refractivity contribution in [3.63, 3.8) is 0 Å². The van der Waals surface area contributed by atoms with E-state index >= 15 is 0 Å². The zero-order chi connectivity index (χ0) is 15.4. The Morgan fingerprint density at radius 1 is 1.33 bits per heavy atom. The highest BCUT2D eigenvalue weighted by Gasteiger charge is 2.18. The molecule has 0 spiro atoms. The number of aromatic nitrogens is 1. The van der Waals surface area contributed by atoms with Gasteiger partial charge in [0.1, 0.15) is 5.82 Å². The first-order chi connectivity index (χ1) is 10.0. The van der Waals surface area contributed by atoms with Crippen molar-refractivity contribution in [3.8, 4) is 11.3 Å². The Balaban J connectivity index is 2.51. The van der Waals surface area contributed by atoms with Crippen LogP contribution in [0, 0.1) is 17.0 Å². The molecule has 0 fully saturated rings. The molecule has 1 aromatic carbocycles. The number of halogens is 1. The van der Waals surface area contributed by atoms with Gasteiger partial charge >= 0.3 is 0 Å². The van der Waals surface area contributed by atoms with E-state index in [1.165, 1.54) is 6.07 Å². The van der Waals surface area contributed by atoms with Crippen LogP contribution in [-0.2, 0) is 0 Å². The highest BCUT2D eigenvalue weighted by molar-refractivity contribution is 6.31. The van der Waals surface area contributed by atoms with Crippen LogP contribution < -0.4 is 5.32 Å². The number of rotatable bonds is 5. The van der Waals surface area contributed by atoms with E-state index in [1.54, 1.807) is 18.2 Å². The fourth-order valence-electron chi connectivity index (χ4n) is 1.90. The van der Waals surface area contributed by atoms with E-state index in [1.807, 2.05) is 19.9 Å². The number of hydrogen-bond donors (Lipinski definition) is 1. The van der Waals surface area contributed by atoms with E-state index < -0.39 is 4.92 Å².